The van der Waals surface area contributed by atoms with Crippen molar-refractivity contribution in [1.29, 1.82) is 0 Å². The summed E-state index contributed by atoms with van der Waals surface area (Å²) in [6.07, 6.45) is 11.5. The first-order valence-corrected chi connectivity index (χ1v) is 14.1. The van der Waals surface area contributed by atoms with Crippen molar-refractivity contribution in [2.45, 2.75) is 57.2 Å². The fourth-order valence-electron chi connectivity index (χ4n) is 7.81. The number of fused-ring (bicyclic) bond motifs is 3. The molecule has 2 aromatic carbocycles. The van der Waals surface area contributed by atoms with Crippen molar-refractivity contribution in [2.75, 3.05) is 19.6 Å². The number of aromatic nitrogens is 1. The second-order valence-electron chi connectivity index (χ2n) is 11.4. The lowest BCUT2D eigenvalue weighted by Crippen LogP contribution is -2.66. The number of benzene rings is 2. The van der Waals surface area contributed by atoms with E-state index in [9.17, 15) is 4.79 Å². The van der Waals surface area contributed by atoms with Gasteiger partial charge in [0.1, 0.15) is 0 Å². The van der Waals surface area contributed by atoms with E-state index in [1.807, 2.05) is 18.2 Å². The van der Waals surface area contributed by atoms with Crippen LogP contribution in [0, 0.1) is 11.8 Å². The maximum absolute atomic E-state index is 13.7. The zero-order valence-corrected chi connectivity index (χ0v) is 21.5. The lowest BCUT2D eigenvalue weighted by Gasteiger charge is -2.58. The molecule has 0 unspecified atom stereocenters. The van der Waals surface area contributed by atoms with Gasteiger partial charge in [-0.05, 0) is 111 Å². The molecular weight excluding hydrogens is 466 g/mol. The molecule has 7 rings (SSSR count). The highest BCUT2D eigenvalue weighted by Gasteiger charge is 2.51. The topological polar surface area (TPSA) is 28.5 Å². The standard InChI is InChI=1S/C31H34ClN3O/c32-26-6-1-4-22(18-26)19-34-15-12-23-16-21(8-10-28(23)34)17-24-9-11-29-27-7-3-14-33-13-2-5-25(30(27)33)20-35(29)31(24)36/h1,4,6,8,10,12,15-18,25,27,29-30H,2-3,5,7,9,11,13-14,19-20H2/b24-17+/t25-,27+,29+,30-/m0/s1. The Morgan fingerprint density at radius 2 is 1.89 bits per heavy atom. The van der Waals surface area contributed by atoms with Gasteiger partial charge < -0.3 is 9.47 Å². The Labute approximate surface area is 218 Å². The summed E-state index contributed by atoms with van der Waals surface area (Å²) in [5.74, 6) is 1.64. The number of hydrogen-bond acceptors (Lipinski definition) is 2. The number of carbonyl (C=O) groups excluding carboxylic acids is 1. The summed E-state index contributed by atoms with van der Waals surface area (Å²) >= 11 is 6.18. The van der Waals surface area contributed by atoms with Crippen LogP contribution in [-0.4, -0.2) is 52.0 Å². The summed E-state index contributed by atoms with van der Waals surface area (Å²) in [6.45, 7) is 4.30. The van der Waals surface area contributed by atoms with E-state index in [4.69, 9.17) is 11.6 Å². The van der Waals surface area contributed by atoms with E-state index in [0.717, 1.165) is 48.1 Å². The molecule has 4 nitrogen and oxygen atoms in total. The molecule has 4 atom stereocenters. The second-order valence-corrected chi connectivity index (χ2v) is 11.8. The first-order valence-electron chi connectivity index (χ1n) is 13.7. The predicted molar refractivity (Wildman–Crippen MR) is 146 cm³/mol. The molecule has 0 aliphatic carbocycles. The lowest BCUT2D eigenvalue weighted by atomic mass is 9.67. The molecular formula is C31H34ClN3O. The molecule has 36 heavy (non-hydrogen) atoms. The molecule has 0 N–H and O–H groups in total. The lowest BCUT2D eigenvalue weighted by molar-refractivity contribution is -0.145. The van der Waals surface area contributed by atoms with Gasteiger partial charge in [-0.3, -0.25) is 9.69 Å². The number of halogens is 1. The molecule has 4 fully saturated rings. The third-order valence-corrected chi connectivity index (χ3v) is 9.53. The molecule has 0 saturated carbocycles. The van der Waals surface area contributed by atoms with Crippen LogP contribution >= 0.6 is 11.6 Å². The summed E-state index contributed by atoms with van der Waals surface area (Å²) in [6, 6.07) is 18.0. The predicted octanol–water partition coefficient (Wildman–Crippen LogP) is 6.22. The summed E-state index contributed by atoms with van der Waals surface area (Å²) in [5.41, 5.74) is 4.51. The van der Waals surface area contributed by atoms with E-state index in [-0.39, 0.29) is 0 Å². The number of nitrogens with zero attached hydrogens (tertiary/aromatic N) is 3. The van der Waals surface area contributed by atoms with Gasteiger partial charge in [-0.1, -0.05) is 29.8 Å². The van der Waals surface area contributed by atoms with Crippen molar-refractivity contribution in [1.82, 2.24) is 14.4 Å². The van der Waals surface area contributed by atoms with E-state index in [0.29, 0.717) is 23.8 Å². The Balaban J connectivity index is 1.12. The highest BCUT2D eigenvalue weighted by Crippen LogP contribution is 2.45. The van der Waals surface area contributed by atoms with Crippen LogP contribution in [0.5, 0.6) is 0 Å². The first kappa shape index (κ1) is 22.6. The molecule has 4 aliphatic rings. The van der Waals surface area contributed by atoms with Crippen LogP contribution in [0.3, 0.4) is 0 Å². The monoisotopic (exact) mass is 499 g/mol. The molecule has 5 heteroatoms. The van der Waals surface area contributed by atoms with Crippen LogP contribution in [0.2, 0.25) is 5.02 Å². The van der Waals surface area contributed by atoms with Gasteiger partial charge in [0.25, 0.3) is 0 Å². The largest absolute Gasteiger partial charge is 0.343 e. The molecule has 5 heterocycles. The van der Waals surface area contributed by atoms with E-state index in [2.05, 4.69) is 57.0 Å². The third-order valence-electron chi connectivity index (χ3n) is 9.29. The minimum atomic E-state index is 0.297. The normalized spacial score (nSPS) is 29.4. The van der Waals surface area contributed by atoms with Gasteiger partial charge in [-0.15, -0.1) is 0 Å². The van der Waals surface area contributed by atoms with E-state index in [1.165, 1.54) is 55.2 Å². The van der Waals surface area contributed by atoms with Crippen molar-refractivity contribution < 1.29 is 4.79 Å². The van der Waals surface area contributed by atoms with Gasteiger partial charge in [0, 0.05) is 52.9 Å². The Morgan fingerprint density at radius 3 is 2.78 bits per heavy atom. The molecule has 1 amide bonds. The van der Waals surface area contributed by atoms with Crippen molar-refractivity contribution in [2.24, 2.45) is 11.8 Å². The Kier molecular flexibility index (Phi) is 5.70. The molecule has 3 aromatic rings. The fraction of sp³-hybridized carbons (Fsp3) is 0.452. The summed E-state index contributed by atoms with van der Waals surface area (Å²) in [7, 11) is 0. The highest BCUT2D eigenvalue weighted by atomic mass is 35.5. The average Bonchev–Trinajstić information content (AvgIpc) is 3.28. The SMILES string of the molecule is O=C1/C(=C/c2ccc3c(ccn3Cc3cccc(Cl)c3)c2)CC[C@@H]2[C@H]3CCCN4CCC[C@@H](CN12)[C@@H]34. The Morgan fingerprint density at radius 1 is 1.00 bits per heavy atom. The zero-order chi connectivity index (χ0) is 24.2. The van der Waals surface area contributed by atoms with Crippen LogP contribution < -0.4 is 0 Å². The molecule has 1 aromatic heterocycles. The second kappa shape index (κ2) is 9.08. The average molecular weight is 500 g/mol. The smallest absolute Gasteiger partial charge is 0.250 e. The number of hydrogen-bond donors (Lipinski definition) is 0. The number of rotatable bonds is 3. The van der Waals surface area contributed by atoms with Crippen molar-refractivity contribution >= 4 is 34.5 Å². The first-order chi connectivity index (χ1) is 17.6. The van der Waals surface area contributed by atoms with E-state index < -0.39 is 0 Å². The summed E-state index contributed by atoms with van der Waals surface area (Å²) in [4.78, 5) is 18.8. The van der Waals surface area contributed by atoms with E-state index in [1.54, 1.807) is 0 Å². The van der Waals surface area contributed by atoms with Gasteiger partial charge in [-0.25, -0.2) is 0 Å². The summed E-state index contributed by atoms with van der Waals surface area (Å²) < 4.78 is 2.26. The van der Waals surface area contributed by atoms with Crippen molar-refractivity contribution in [3.63, 3.8) is 0 Å². The minimum Gasteiger partial charge on any atom is -0.343 e. The van der Waals surface area contributed by atoms with Crippen LogP contribution in [-0.2, 0) is 11.3 Å². The maximum Gasteiger partial charge on any atom is 0.250 e. The van der Waals surface area contributed by atoms with Crippen LogP contribution in [0.25, 0.3) is 17.0 Å². The molecule has 0 radical (unpaired) electrons. The molecule has 0 bridgehead atoms. The number of piperidine rings is 4. The van der Waals surface area contributed by atoms with Gasteiger partial charge in [0.15, 0.2) is 0 Å². The van der Waals surface area contributed by atoms with Crippen LogP contribution in [0.4, 0.5) is 0 Å². The van der Waals surface area contributed by atoms with Gasteiger partial charge in [0.05, 0.1) is 0 Å². The Hall–Kier alpha value is -2.56. The van der Waals surface area contributed by atoms with Crippen molar-refractivity contribution in [3.05, 3.63) is 76.5 Å². The van der Waals surface area contributed by atoms with Crippen LogP contribution in [0.1, 0.15) is 49.7 Å². The third kappa shape index (κ3) is 3.90. The minimum absolute atomic E-state index is 0.297. The van der Waals surface area contributed by atoms with Crippen LogP contribution in [0.15, 0.2) is 60.3 Å². The molecule has 4 aliphatic heterocycles. The molecule has 186 valence electrons. The highest BCUT2D eigenvalue weighted by molar-refractivity contribution is 6.30. The zero-order valence-electron chi connectivity index (χ0n) is 20.8. The van der Waals surface area contributed by atoms with Crippen molar-refractivity contribution in [3.8, 4) is 0 Å². The summed E-state index contributed by atoms with van der Waals surface area (Å²) in [5, 5.41) is 1.98. The molecule has 0 spiro atoms. The fourth-order valence-corrected chi connectivity index (χ4v) is 8.02. The number of carbonyl (C=O) groups is 1. The number of amides is 1. The van der Waals surface area contributed by atoms with Gasteiger partial charge in [0.2, 0.25) is 5.91 Å². The van der Waals surface area contributed by atoms with E-state index >= 15 is 0 Å². The quantitative estimate of drug-likeness (QED) is 0.400. The van der Waals surface area contributed by atoms with Gasteiger partial charge in [-0.2, -0.15) is 0 Å². The Bertz CT molecular complexity index is 1340. The maximum atomic E-state index is 13.7. The molecule has 4 saturated heterocycles. The van der Waals surface area contributed by atoms with Gasteiger partial charge >= 0.3 is 0 Å².